The molecule has 0 aromatic rings. The first-order chi connectivity index (χ1) is 8.61. The van der Waals surface area contributed by atoms with Gasteiger partial charge in [-0.3, -0.25) is 9.59 Å². The Morgan fingerprint density at radius 1 is 1.33 bits per heavy atom. The van der Waals surface area contributed by atoms with Gasteiger partial charge in [0.2, 0.25) is 0 Å². The molecule has 2 aliphatic rings. The molecule has 102 valence electrons. The summed E-state index contributed by atoms with van der Waals surface area (Å²) in [5, 5.41) is 8.83. The van der Waals surface area contributed by atoms with Gasteiger partial charge in [-0.25, -0.2) is 0 Å². The second-order valence-corrected chi connectivity index (χ2v) is 4.99. The van der Waals surface area contributed by atoms with E-state index in [9.17, 15) is 9.59 Å². The monoisotopic (exact) mass is 256 g/mol. The molecule has 0 aliphatic carbocycles. The van der Waals surface area contributed by atoms with Crippen molar-refractivity contribution in [3.05, 3.63) is 0 Å². The average Bonchev–Trinajstić information content (AvgIpc) is 2.95. The maximum absolute atomic E-state index is 12.3. The Hall–Kier alpha value is -1.14. The second-order valence-electron chi connectivity index (χ2n) is 4.99. The Bertz CT molecular complexity index is 334. The summed E-state index contributed by atoms with van der Waals surface area (Å²) in [4.78, 5) is 24.7. The highest BCUT2D eigenvalue weighted by atomic mass is 16.5. The lowest BCUT2D eigenvalue weighted by Gasteiger charge is -2.26. The minimum Gasteiger partial charge on any atom is -0.481 e. The van der Waals surface area contributed by atoms with E-state index in [2.05, 4.69) is 0 Å². The van der Waals surface area contributed by atoms with Crippen LogP contribution in [0.4, 0.5) is 0 Å². The highest BCUT2D eigenvalue weighted by Crippen LogP contribution is 2.26. The van der Waals surface area contributed by atoms with Gasteiger partial charge in [0.15, 0.2) is 0 Å². The molecule has 3 atom stereocenters. The summed E-state index contributed by atoms with van der Waals surface area (Å²) in [6, 6.07) is -0.171. The molecule has 1 amide bonds. The highest BCUT2D eigenvalue weighted by molar-refractivity contribution is 5.82. The molecule has 2 saturated heterocycles. The lowest BCUT2D eigenvalue weighted by molar-refractivity contribution is -0.145. The third-order valence-corrected chi connectivity index (χ3v) is 3.72. The number of nitrogens with zero attached hydrogens (tertiary/aromatic N) is 1. The topological polar surface area (TPSA) is 92.9 Å². The van der Waals surface area contributed by atoms with Gasteiger partial charge in [-0.15, -0.1) is 0 Å². The second kappa shape index (κ2) is 5.67. The number of rotatable bonds is 4. The molecular weight excluding hydrogens is 236 g/mol. The minimum atomic E-state index is -0.855. The van der Waals surface area contributed by atoms with Crippen LogP contribution in [0, 0.1) is 0 Å². The Morgan fingerprint density at radius 3 is 2.72 bits per heavy atom. The fourth-order valence-electron chi connectivity index (χ4n) is 2.79. The minimum absolute atomic E-state index is 0.0266. The van der Waals surface area contributed by atoms with E-state index in [4.69, 9.17) is 15.6 Å². The predicted molar refractivity (Wildman–Crippen MR) is 63.9 cm³/mol. The van der Waals surface area contributed by atoms with Crippen LogP contribution in [0.1, 0.15) is 32.1 Å². The third kappa shape index (κ3) is 2.81. The molecule has 2 rings (SSSR count). The Kier molecular flexibility index (Phi) is 4.19. The van der Waals surface area contributed by atoms with Crippen LogP contribution in [-0.4, -0.2) is 53.2 Å². The molecule has 3 N–H and O–H groups in total. The molecule has 0 aromatic carbocycles. The van der Waals surface area contributed by atoms with Gasteiger partial charge in [-0.05, 0) is 25.7 Å². The van der Waals surface area contributed by atoms with E-state index >= 15 is 0 Å². The van der Waals surface area contributed by atoms with Crippen LogP contribution >= 0.6 is 0 Å². The molecule has 2 fully saturated rings. The molecule has 18 heavy (non-hydrogen) atoms. The summed E-state index contributed by atoms with van der Waals surface area (Å²) in [5.74, 6) is -0.915. The molecule has 0 spiro atoms. The number of nitrogens with two attached hydrogens (primary N) is 1. The van der Waals surface area contributed by atoms with Gasteiger partial charge in [0, 0.05) is 19.1 Å². The Labute approximate surface area is 106 Å². The van der Waals surface area contributed by atoms with Crippen molar-refractivity contribution in [2.24, 2.45) is 5.73 Å². The van der Waals surface area contributed by atoms with E-state index < -0.39 is 12.1 Å². The van der Waals surface area contributed by atoms with Gasteiger partial charge in [-0.2, -0.15) is 0 Å². The molecule has 3 unspecified atom stereocenters. The lowest BCUT2D eigenvalue weighted by atomic mass is 10.1. The number of carboxylic acids is 1. The normalized spacial score (nSPS) is 31.8. The van der Waals surface area contributed by atoms with Crippen molar-refractivity contribution in [1.82, 2.24) is 4.90 Å². The van der Waals surface area contributed by atoms with Crippen molar-refractivity contribution in [2.75, 3.05) is 13.1 Å². The van der Waals surface area contributed by atoms with Crippen molar-refractivity contribution >= 4 is 11.9 Å². The number of likely N-dealkylation sites (tertiary alicyclic amines) is 1. The molecule has 0 aromatic heterocycles. The van der Waals surface area contributed by atoms with Gasteiger partial charge in [0.25, 0.3) is 5.91 Å². The van der Waals surface area contributed by atoms with Crippen LogP contribution < -0.4 is 5.73 Å². The van der Waals surface area contributed by atoms with Crippen LogP contribution in [-0.2, 0) is 14.3 Å². The summed E-state index contributed by atoms with van der Waals surface area (Å²) < 4.78 is 5.57. The fourth-order valence-corrected chi connectivity index (χ4v) is 2.79. The Balaban J connectivity index is 1.93. The van der Waals surface area contributed by atoms with Gasteiger partial charge in [0.1, 0.15) is 6.10 Å². The van der Waals surface area contributed by atoms with Crippen LogP contribution in [0.25, 0.3) is 0 Å². The number of carbonyl (C=O) groups is 2. The summed E-state index contributed by atoms with van der Waals surface area (Å²) in [5.41, 5.74) is 5.52. The molecule has 0 bridgehead atoms. The molecule has 2 heterocycles. The SMILES string of the molecule is NCC1CCC(C(=O)N2CCCC2CC(=O)O)O1. The molecule has 6 nitrogen and oxygen atoms in total. The van der Waals surface area contributed by atoms with Crippen molar-refractivity contribution in [1.29, 1.82) is 0 Å². The zero-order chi connectivity index (χ0) is 13.1. The zero-order valence-electron chi connectivity index (χ0n) is 10.4. The van der Waals surface area contributed by atoms with Crippen LogP contribution in [0.2, 0.25) is 0 Å². The number of hydrogen-bond donors (Lipinski definition) is 2. The van der Waals surface area contributed by atoms with Crippen molar-refractivity contribution in [3.63, 3.8) is 0 Å². The summed E-state index contributed by atoms with van der Waals surface area (Å²) in [6.45, 7) is 1.08. The van der Waals surface area contributed by atoms with Gasteiger partial charge >= 0.3 is 5.97 Å². The first-order valence-electron chi connectivity index (χ1n) is 6.49. The van der Waals surface area contributed by atoms with E-state index in [0.29, 0.717) is 19.5 Å². The zero-order valence-corrected chi connectivity index (χ0v) is 10.4. The van der Waals surface area contributed by atoms with E-state index in [0.717, 1.165) is 19.3 Å². The largest absolute Gasteiger partial charge is 0.481 e. The maximum atomic E-state index is 12.3. The van der Waals surface area contributed by atoms with Gasteiger partial charge in [-0.1, -0.05) is 0 Å². The first kappa shape index (κ1) is 13.3. The lowest BCUT2D eigenvalue weighted by Crippen LogP contribution is -2.43. The fraction of sp³-hybridized carbons (Fsp3) is 0.833. The van der Waals surface area contributed by atoms with Gasteiger partial charge in [0.05, 0.1) is 12.5 Å². The first-order valence-corrected chi connectivity index (χ1v) is 6.49. The van der Waals surface area contributed by atoms with E-state index in [-0.39, 0.29) is 24.5 Å². The number of ether oxygens (including phenoxy) is 1. The molecule has 2 aliphatic heterocycles. The molecule has 0 radical (unpaired) electrons. The van der Waals surface area contributed by atoms with E-state index in [1.54, 1.807) is 4.90 Å². The predicted octanol–water partition coefficient (Wildman–Crippen LogP) is -0.0416. The van der Waals surface area contributed by atoms with Crippen LogP contribution in [0.3, 0.4) is 0 Å². The van der Waals surface area contributed by atoms with E-state index in [1.807, 2.05) is 0 Å². The van der Waals surface area contributed by atoms with Crippen molar-refractivity contribution < 1.29 is 19.4 Å². The maximum Gasteiger partial charge on any atom is 0.305 e. The quantitative estimate of drug-likeness (QED) is 0.736. The standard InChI is InChI=1S/C12H20N2O4/c13-7-9-3-4-10(18-9)12(17)14-5-1-2-8(14)6-11(15)16/h8-10H,1-7,13H2,(H,15,16). The number of aliphatic carboxylic acids is 1. The van der Waals surface area contributed by atoms with Crippen molar-refractivity contribution in [2.45, 2.75) is 50.4 Å². The highest BCUT2D eigenvalue weighted by Gasteiger charge is 2.38. The van der Waals surface area contributed by atoms with Crippen LogP contribution in [0.5, 0.6) is 0 Å². The van der Waals surface area contributed by atoms with Crippen molar-refractivity contribution in [3.8, 4) is 0 Å². The molecule has 6 heteroatoms. The Morgan fingerprint density at radius 2 is 2.11 bits per heavy atom. The number of carboxylic acid groups (broad SMARTS) is 1. The van der Waals surface area contributed by atoms with Crippen LogP contribution in [0.15, 0.2) is 0 Å². The third-order valence-electron chi connectivity index (χ3n) is 3.72. The average molecular weight is 256 g/mol. The molecular formula is C12H20N2O4. The van der Waals surface area contributed by atoms with E-state index in [1.165, 1.54) is 0 Å². The summed E-state index contributed by atoms with van der Waals surface area (Å²) in [7, 11) is 0. The smallest absolute Gasteiger partial charge is 0.305 e. The number of amides is 1. The summed E-state index contributed by atoms with van der Waals surface area (Å²) in [6.07, 6.45) is 2.72. The summed E-state index contributed by atoms with van der Waals surface area (Å²) >= 11 is 0. The number of carbonyl (C=O) groups excluding carboxylic acids is 1. The number of hydrogen-bond acceptors (Lipinski definition) is 4. The van der Waals surface area contributed by atoms with Gasteiger partial charge < -0.3 is 20.5 Å². The molecule has 0 saturated carbocycles.